The molecule has 0 aromatic heterocycles. The van der Waals surface area contributed by atoms with Gasteiger partial charge in [0.25, 0.3) is 5.91 Å². The maximum absolute atomic E-state index is 12.5. The Kier molecular flexibility index (Phi) is 6.78. The molecule has 0 fully saturated rings. The minimum atomic E-state index is -0.597. The molecule has 1 unspecified atom stereocenters. The normalized spacial score (nSPS) is 11.5. The van der Waals surface area contributed by atoms with Crippen molar-refractivity contribution in [2.75, 3.05) is 11.9 Å². The van der Waals surface area contributed by atoms with Gasteiger partial charge in [-0.25, -0.2) is 4.79 Å². The number of rotatable bonds is 7. The molecule has 1 atom stereocenters. The fourth-order valence-electron chi connectivity index (χ4n) is 2.45. The van der Waals surface area contributed by atoms with Gasteiger partial charge in [0, 0.05) is 5.69 Å². The average Bonchev–Trinajstić information content (AvgIpc) is 2.63. The molecule has 138 valence electrons. The standard InChI is InChI=1S/C21H25NO4/c1-5-18(26-19-9-7-8-14(3)15(19)4)20(23)22-17-12-10-16(11-13-17)21(24)25-6-2/h7-13,18H,5-6H2,1-4H3,(H,22,23). The van der Waals surface area contributed by atoms with Gasteiger partial charge in [-0.3, -0.25) is 4.79 Å². The van der Waals surface area contributed by atoms with Gasteiger partial charge < -0.3 is 14.8 Å². The van der Waals surface area contributed by atoms with E-state index in [-0.39, 0.29) is 11.9 Å². The molecule has 0 saturated heterocycles. The number of amides is 1. The van der Waals surface area contributed by atoms with Crippen molar-refractivity contribution in [3.05, 3.63) is 59.2 Å². The summed E-state index contributed by atoms with van der Waals surface area (Å²) in [6, 6.07) is 12.4. The monoisotopic (exact) mass is 355 g/mol. The predicted octanol–water partition coefficient (Wildman–Crippen LogP) is 4.28. The first kappa shape index (κ1) is 19.5. The second-order valence-electron chi connectivity index (χ2n) is 6.00. The van der Waals surface area contributed by atoms with Gasteiger partial charge in [0.2, 0.25) is 0 Å². The number of esters is 1. The Bertz CT molecular complexity index is 768. The van der Waals surface area contributed by atoms with E-state index in [0.29, 0.717) is 30.0 Å². The molecule has 0 bridgehead atoms. The van der Waals surface area contributed by atoms with Gasteiger partial charge in [-0.05, 0) is 68.7 Å². The summed E-state index contributed by atoms with van der Waals surface area (Å²) in [6.45, 7) is 7.97. The van der Waals surface area contributed by atoms with Crippen LogP contribution >= 0.6 is 0 Å². The molecule has 0 saturated carbocycles. The zero-order valence-corrected chi connectivity index (χ0v) is 15.7. The molecule has 0 aliphatic rings. The smallest absolute Gasteiger partial charge is 0.338 e. The third kappa shape index (κ3) is 4.85. The minimum Gasteiger partial charge on any atom is -0.480 e. The largest absolute Gasteiger partial charge is 0.480 e. The Hall–Kier alpha value is -2.82. The summed E-state index contributed by atoms with van der Waals surface area (Å²) in [6.07, 6.45) is -0.0552. The van der Waals surface area contributed by atoms with Crippen molar-refractivity contribution in [2.45, 2.75) is 40.2 Å². The maximum atomic E-state index is 12.5. The fraction of sp³-hybridized carbons (Fsp3) is 0.333. The zero-order valence-electron chi connectivity index (χ0n) is 15.7. The molecular weight excluding hydrogens is 330 g/mol. The van der Waals surface area contributed by atoms with Gasteiger partial charge in [0.15, 0.2) is 6.10 Å². The van der Waals surface area contributed by atoms with Crippen LogP contribution in [-0.4, -0.2) is 24.6 Å². The SMILES string of the molecule is CCOC(=O)c1ccc(NC(=O)C(CC)Oc2cccc(C)c2C)cc1. The van der Waals surface area contributed by atoms with E-state index in [1.807, 2.05) is 39.0 Å². The summed E-state index contributed by atoms with van der Waals surface area (Å²) >= 11 is 0. The van der Waals surface area contributed by atoms with Crippen molar-refractivity contribution in [2.24, 2.45) is 0 Å². The van der Waals surface area contributed by atoms with Crippen LogP contribution in [0.2, 0.25) is 0 Å². The summed E-state index contributed by atoms with van der Waals surface area (Å²) < 4.78 is 10.9. The van der Waals surface area contributed by atoms with Crippen LogP contribution in [0.1, 0.15) is 41.8 Å². The number of benzene rings is 2. The molecule has 2 aromatic rings. The lowest BCUT2D eigenvalue weighted by Crippen LogP contribution is -2.32. The van der Waals surface area contributed by atoms with E-state index < -0.39 is 6.10 Å². The number of carbonyl (C=O) groups is 2. The van der Waals surface area contributed by atoms with Gasteiger partial charge in [0.1, 0.15) is 5.75 Å². The maximum Gasteiger partial charge on any atom is 0.338 e. The first-order valence-corrected chi connectivity index (χ1v) is 8.77. The fourth-order valence-corrected chi connectivity index (χ4v) is 2.45. The number of hydrogen-bond acceptors (Lipinski definition) is 4. The summed E-state index contributed by atoms with van der Waals surface area (Å²) in [5.74, 6) is 0.108. The Morgan fingerprint density at radius 2 is 1.73 bits per heavy atom. The van der Waals surface area contributed by atoms with Crippen LogP contribution in [0.3, 0.4) is 0 Å². The van der Waals surface area contributed by atoms with Gasteiger partial charge >= 0.3 is 5.97 Å². The predicted molar refractivity (Wildman–Crippen MR) is 102 cm³/mol. The molecule has 2 aromatic carbocycles. The third-order valence-corrected chi connectivity index (χ3v) is 4.15. The van der Waals surface area contributed by atoms with Crippen LogP contribution in [0.5, 0.6) is 5.75 Å². The Morgan fingerprint density at radius 3 is 2.35 bits per heavy atom. The van der Waals surface area contributed by atoms with E-state index in [1.165, 1.54) is 0 Å². The second-order valence-corrected chi connectivity index (χ2v) is 6.00. The molecule has 1 N–H and O–H groups in total. The minimum absolute atomic E-state index is 0.225. The highest BCUT2D eigenvalue weighted by Crippen LogP contribution is 2.23. The summed E-state index contributed by atoms with van der Waals surface area (Å²) in [4.78, 5) is 24.2. The van der Waals surface area contributed by atoms with Crippen molar-refractivity contribution >= 4 is 17.6 Å². The van der Waals surface area contributed by atoms with Crippen LogP contribution < -0.4 is 10.1 Å². The van der Waals surface area contributed by atoms with Crippen LogP contribution in [0.15, 0.2) is 42.5 Å². The third-order valence-electron chi connectivity index (χ3n) is 4.15. The second kappa shape index (κ2) is 9.04. The highest BCUT2D eigenvalue weighted by Gasteiger charge is 2.20. The van der Waals surface area contributed by atoms with E-state index in [1.54, 1.807) is 31.2 Å². The van der Waals surface area contributed by atoms with Gasteiger partial charge in [-0.1, -0.05) is 19.1 Å². The topological polar surface area (TPSA) is 64.6 Å². The highest BCUT2D eigenvalue weighted by molar-refractivity contribution is 5.95. The van der Waals surface area contributed by atoms with Crippen LogP contribution in [-0.2, 0) is 9.53 Å². The molecule has 26 heavy (non-hydrogen) atoms. The first-order valence-electron chi connectivity index (χ1n) is 8.77. The van der Waals surface area contributed by atoms with Crippen LogP contribution in [0.4, 0.5) is 5.69 Å². The van der Waals surface area contributed by atoms with E-state index in [0.717, 1.165) is 11.1 Å². The Morgan fingerprint density at radius 1 is 1.04 bits per heavy atom. The lowest BCUT2D eigenvalue weighted by atomic mass is 10.1. The Labute approximate surface area is 154 Å². The van der Waals surface area contributed by atoms with E-state index >= 15 is 0 Å². The zero-order chi connectivity index (χ0) is 19.1. The molecule has 5 nitrogen and oxygen atoms in total. The molecule has 0 aliphatic heterocycles. The van der Waals surface area contributed by atoms with E-state index in [9.17, 15) is 9.59 Å². The highest BCUT2D eigenvalue weighted by atomic mass is 16.5. The lowest BCUT2D eigenvalue weighted by molar-refractivity contribution is -0.122. The number of ether oxygens (including phenoxy) is 2. The number of carbonyl (C=O) groups excluding carboxylic acids is 2. The van der Waals surface area contributed by atoms with Crippen molar-refractivity contribution in [3.8, 4) is 5.75 Å². The van der Waals surface area contributed by atoms with Crippen molar-refractivity contribution in [1.82, 2.24) is 0 Å². The summed E-state index contributed by atoms with van der Waals surface area (Å²) in [7, 11) is 0. The molecule has 1 amide bonds. The molecular formula is C21H25NO4. The van der Waals surface area contributed by atoms with Crippen LogP contribution in [0.25, 0.3) is 0 Å². The Balaban J connectivity index is 2.04. The molecule has 0 radical (unpaired) electrons. The lowest BCUT2D eigenvalue weighted by Gasteiger charge is -2.19. The van der Waals surface area contributed by atoms with Crippen molar-refractivity contribution in [3.63, 3.8) is 0 Å². The van der Waals surface area contributed by atoms with Crippen molar-refractivity contribution < 1.29 is 19.1 Å². The van der Waals surface area contributed by atoms with Gasteiger partial charge in [0.05, 0.1) is 12.2 Å². The van der Waals surface area contributed by atoms with Gasteiger partial charge in [-0.15, -0.1) is 0 Å². The summed E-state index contributed by atoms with van der Waals surface area (Å²) in [5, 5.41) is 2.83. The van der Waals surface area contributed by atoms with Crippen molar-refractivity contribution in [1.29, 1.82) is 0 Å². The van der Waals surface area contributed by atoms with E-state index in [4.69, 9.17) is 9.47 Å². The number of hydrogen-bond donors (Lipinski definition) is 1. The van der Waals surface area contributed by atoms with E-state index in [2.05, 4.69) is 5.32 Å². The molecule has 5 heteroatoms. The summed E-state index contributed by atoms with van der Waals surface area (Å²) in [5.41, 5.74) is 3.19. The number of nitrogens with one attached hydrogen (secondary N) is 1. The molecule has 0 aliphatic carbocycles. The molecule has 0 heterocycles. The quantitative estimate of drug-likeness (QED) is 0.753. The molecule has 2 rings (SSSR count). The van der Waals surface area contributed by atoms with Gasteiger partial charge in [-0.2, -0.15) is 0 Å². The molecule has 0 spiro atoms. The first-order chi connectivity index (χ1) is 12.5. The number of anilines is 1. The number of aryl methyl sites for hydroxylation is 1. The average molecular weight is 355 g/mol. The van der Waals surface area contributed by atoms with Crippen LogP contribution in [0, 0.1) is 13.8 Å².